The standard InChI is InChI=1S/C16H23N3O3/c1-3-19(4-2)16(21)12-6-5-7-13(10-12)18-15(20)14-11-17-8-9-22-14/h5-7,10,14,17H,3-4,8-9,11H2,1-2H3,(H,18,20). The minimum Gasteiger partial charge on any atom is -0.366 e. The zero-order chi connectivity index (χ0) is 15.9. The van der Waals surface area contributed by atoms with Crippen LogP contribution in [0.2, 0.25) is 0 Å². The molecule has 120 valence electrons. The zero-order valence-electron chi connectivity index (χ0n) is 13.1. The molecule has 1 fully saturated rings. The number of ether oxygens (including phenoxy) is 1. The first kappa shape index (κ1) is 16.5. The van der Waals surface area contributed by atoms with Gasteiger partial charge in [-0.3, -0.25) is 9.59 Å². The number of rotatable bonds is 5. The largest absolute Gasteiger partial charge is 0.366 e. The fraction of sp³-hybridized carbons (Fsp3) is 0.500. The number of hydrogen-bond acceptors (Lipinski definition) is 4. The molecule has 1 aliphatic rings. The predicted molar refractivity (Wildman–Crippen MR) is 84.9 cm³/mol. The van der Waals surface area contributed by atoms with Gasteiger partial charge in [0, 0.05) is 37.4 Å². The molecular weight excluding hydrogens is 282 g/mol. The van der Waals surface area contributed by atoms with E-state index in [1.165, 1.54) is 0 Å². The van der Waals surface area contributed by atoms with Crippen LogP contribution in [0.5, 0.6) is 0 Å². The summed E-state index contributed by atoms with van der Waals surface area (Å²) in [6, 6.07) is 7.00. The third kappa shape index (κ3) is 4.05. The van der Waals surface area contributed by atoms with Crippen molar-refractivity contribution >= 4 is 17.5 Å². The third-order valence-electron chi connectivity index (χ3n) is 3.65. The van der Waals surface area contributed by atoms with E-state index in [-0.39, 0.29) is 11.8 Å². The maximum Gasteiger partial charge on any atom is 0.254 e. The minimum atomic E-state index is -0.490. The predicted octanol–water partition coefficient (Wildman–Crippen LogP) is 1.10. The summed E-state index contributed by atoms with van der Waals surface area (Å²) in [5.41, 5.74) is 1.18. The van der Waals surface area contributed by atoms with Crippen molar-refractivity contribution in [3.8, 4) is 0 Å². The average Bonchev–Trinajstić information content (AvgIpc) is 2.57. The van der Waals surface area contributed by atoms with Gasteiger partial charge in [0.1, 0.15) is 6.10 Å². The summed E-state index contributed by atoms with van der Waals surface area (Å²) in [6.07, 6.45) is -0.490. The van der Waals surface area contributed by atoms with Crippen molar-refractivity contribution < 1.29 is 14.3 Å². The molecule has 1 aromatic rings. The van der Waals surface area contributed by atoms with Crippen molar-refractivity contribution in [2.75, 3.05) is 38.1 Å². The maximum absolute atomic E-state index is 12.3. The molecule has 1 saturated heterocycles. The molecule has 0 aromatic heterocycles. The van der Waals surface area contributed by atoms with E-state index >= 15 is 0 Å². The first-order valence-electron chi connectivity index (χ1n) is 7.68. The Hall–Kier alpha value is -1.92. The highest BCUT2D eigenvalue weighted by Gasteiger charge is 2.22. The molecule has 6 heteroatoms. The summed E-state index contributed by atoms with van der Waals surface area (Å²) in [4.78, 5) is 26.2. The first-order chi connectivity index (χ1) is 10.7. The van der Waals surface area contributed by atoms with Gasteiger partial charge in [0.25, 0.3) is 11.8 Å². The van der Waals surface area contributed by atoms with Gasteiger partial charge in [-0.2, -0.15) is 0 Å². The number of carbonyl (C=O) groups is 2. The van der Waals surface area contributed by atoms with Crippen molar-refractivity contribution in [2.24, 2.45) is 0 Å². The molecule has 0 aliphatic carbocycles. The van der Waals surface area contributed by atoms with Gasteiger partial charge in [-0.15, -0.1) is 0 Å². The molecule has 2 amide bonds. The number of hydrogen-bond donors (Lipinski definition) is 2. The van der Waals surface area contributed by atoms with Gasteiger partial charge in [-0.1, -0.05) is 6.07 Å². The van der Waals surface area contributed by atoms with E-state index < -0.39 is 6.10 Å². The molecule has 22 heavy (non-hydrogen) atoms. The molecule has 0 spiro atoms. The van der Waals surface area contributed by atoms with Crippen LogP contribution in [0.1, 0.15) is 24.2 Å². The normalized spacial score (nSPS) is 17.8. The second-order valence-electron chi connectivity index (χ2n) is 5.11. The number of nitrogens with one attached hydrogen (secondary N) is 2. The molecule has 2 N–H and O–H groups in total. The van der Waals surface area contributed by atoms with E-state index in [2.05, 4.69) is 10.6 Å². The summed E-state index contributed by atoms with van der Waals surface area (Å²) >= 11 is 0. The number of carbonyl (C=O) groups excluding carboxylic acids is 2. The van der Waals surface area contributed by atoms with Crippen LogP contribution in [0, 0.1) is 0 Å². The van der Waals surface area contributed by atoms with Crippen LogP contribution in [0.15, 0.2) is 24.3 Å². The summed E-state index contributed by atoms with van der Waals surface area (Å²) in [5.74, 6) is -0.226. The highest BCUT2D eigenvalue weighted by molar-refractivity contribution is 5.98. The Kier molecular flexibility index (Phi) is 5.91. The van der Waals surface area contributed by atoms with E-state index in [1.54, 1.807) is 29.2 Å². The fourth-order valence-electron chi connectivity index (χ4n) is 2.38. The number of amides is 2. The minimum absolute atomic E-state index is 0.0308. The second-order valence-corrected chi connectivity index (χ2v) is 5.11. The Morgan fingerprint density at radius 1 is 1.36 bits per heavy atom. The quantitative estimate of drug-likeness (QED) is 0.854. The highest BCUT2D eigenvalue weighted by atomic mass is 16.5. The molecule has 1 heterocycles. The van der Waals surface area contributed by atoms with Crippen molar-refractivity contribution in [1.82, 2.24) is 10.2 Å². The zero-order valence-corrected chi connectivity index (χ0v) is 13.1. The van der Waals surface area contributed by atoms with Gasteiger partial charge >= 0.3 is 0 Å². The number of nitrogens with zero attached hydrogens (tertiary/aromatic N) is 1. The smallest absolute Gasteiger partial charge is 0.254 e. The van der Waals surface area contributed by atoms with Gasteiger partial charge in [-0.25, -0.2) is 0 Å². The van der Waals surface area contributed by atoms with E-state index in [0.29, 0.717) is 37.5 Å². The molecule has 1 aliphatic heterocycles. The topological polar surface area (TPSA) is 70.7 Å². The van der Waals surface area contributed by atoms with Crippen LogP contribution in [-0.4, -0.2) is 55.6 Å². The summed E-state index contributed by atoms with van der Waals surface area (Å²) < 4.78 is 5.41. The Balaban J connectivity index is 2.04. The lowest BCUT2D eigenvalue weighted by molar-refractivity contribution is -0.128. The van der Waals surface area contributed by atoms with Crippen LogP contribution in [-0.2, 0) is 9.53 Å². The molecule has 0 radical (unpaired) electrons. The van der Waals surface area contributed by atoms with Gasteiger partial charge in [-0.05, 0) is 32.0 Å². The SMILES string of the molecule is CCN(CC)C(=O)c1cccc(NC(=O)C2CNCCO2)c1. The van der Waals surface area contributed by atoms with Crippen molar-refractivity contribution in [1.29, 1.82) is 0 Å². The van der Waals surface area contributed by atoms with Gasteiger partial charge in [0.15, 0.2) is 0 Å². The van der Waals surface area contributed by atoms with Crippen LogP contribution in [0.25, 0.3) is 0 Å². The lowest BCUT2D eigenvalue weighted by Crippen LogP contribution is -2.45. The molecule has 1 atom stereocenters. The van der Waals surface area contributed by atoms with Crippen LogP contribution in [0.4, 0.5) is 5.69 Å². The lowest BCUT2D eigenvalue weighted by atomic mass is 10.1. The third-order valence-corrected chi connectivity index (χ3v) is 3.65. The highest BCUT2D eigenvalue weighted by Crippen LogP contribution is 2.14. The molecule has 1 aromatic carbocycles. The molecule has 1 unspecified atom stereocenters. The Morgan fingerprint density at radius 3 is 2.77 bits per heavy atom. The van der Waals surface area contributed by atoms with Crippen LogP contribution >= 0.6 is 0 Å². The summed E-state index contributed by atoms with van der Waals surface area (Å²) in [6.45, 7) is 7.00. The summed E-state index contributed by atoms with van der Waals surface area (Å²) in [5, 5.41) is 5.92. The fourth-order valence-corrected chi connectivity index (χ4v) is 2.38. The average molecular weight is 305 g/mol. The van der Waals surface area contributed by atoms with E-state index in [1.807, 2.05) is 13.8 Å². The van der Waals surface area contributed by atoms with Crippen molar-refractivity contribution in [2.45, 2.75) is 20.0 Å². The summed E-state index contributed by atoms with van der Waals surface area (Å²) in [7, 11) is 0. The van der Waals surface area contributed by atoms with E-state index in [9.17, 15) is 9.59 Å². The van der Waals surface area contributed by atoms with Gasteiger partial charge in [0.05, 0.1) is 6.61 Å². The van der Waals surface area contributed by atoms with Crippen molar-refractivity contribution in [3.63, 3.8) is 0 Å². The van der Waals surface area contributed by atoms with Gasteiger partial charge in [0.2, 0.25) is 0 Å². The number of morpholine rings is 1. The van der Waals surface area contributed by atoms with Crippen LogP contribution in [0.3, 0.4) is 0 Å². The first-order valence-corrected chi connectivity index (χ1v) is 7.68. The molecule has 0 bridgehead atoms. The monoisotopic (exact) mass is 305 g/mol. The van der Waals surface area contributed by atoms with Gasteiger partial charge < -0.3 is 20.3 Å². The Labute approximate surface area is 130 Å². The molecule has 0 saturated carbocycles. The molecule has 2 rings (SSSR count). The second kappa shape index (κ2) is 7.91. The lowest BCUT2D eigenvalue weighted by Gasteiger charge is -2.23. The van der Waals surface area contributed by atoms with Crippen molar-refractivity contribution in [3.05, 3.63) is 29.8 Å². The maximum atomic E-state index is 12.3. The number of anilines is 1. The van der Waals surface area contributed by atoms with E-state index in [4.69, 9.17) is 4.74 Å². The number of benzene rings is 1. The Bertz CT molecular complexity index is 523. The van der Waals surface area contributed by atoms with Crippen LogP contribution < -0.4 is 10.6 Å². The molecule has 6 nitrogen and oxygen atoms in total. The Morgan fingerprint density at radius 2 is 2.14 bits per heavy atom. The van der Waals surface area contributed by atoms with E-state index in [0.717, 1.165) is 6.54 Å². The molecular formula is C16H23N3O3.